The summed E-state index contributed by atoms with van der Waals surface area (Å²) in [7, 11) is 1.64. The third-order valence-electron chi connectivity index (χ3n) is 2.67. The molecule has 1 aliphatic heterocycles. The van der Waals surface area contributed by atoms with E-state index in [0.29, 0.717) is 18.9 Å². The lowest BCUT2D eigenvalue weighted by Crippen LogP contribution is -2.53. The predicted octanol–water partition coefficient (Wildman–Crippen LogP) is 0.799. The molecule has 0 aliphatic carbocycles. The summed E-state index contributed by atoms with van der Waals surface area (Å²) in [5.41, 5.74) is 0. The second-order valence-corrected chi connectivity index (χ2v) is 4.01. The molecule has 18 heavy (non-hydrogen) atoms. The Hall–Kier alpha value is -1.77. The van der Waals surface area contributed by atoms with Gasteiger partial charge in [0, 0.05) is 20.1 Å². The number of nitrogens with zero attached hydrogens (tertiary/aromatic N) is 4. The zero-order chi connectivity index (χ0) is 13.3. The van der Waals surface area contributed by atoms with Crippen LogP contribution in [0.3, 0.4) is 0 Å². The Morgan fingerprint density at radius 2 is 2.33 bits per heavy atom. The molecule has 9 heteroatoms. The maximum absolute atomic E-state index is 11.9. The fourth-order valence-corrected chi connectivity index (χ4v) is 1.83. The lowest BCUT2D eigenvalue weighted by Gasteiger charge is -2.39. The van der Waals surface area contributed by atoms with Crippen LogP contribution in [0.5, 0.6) is 0 Å². The number of hydrogen-bond donors (Lipinski definition) is 0. The number of nitro groups is 1. The largest absolute Gasteiger partial charge is 0.406 e. The maximum atomic E-state index is 11.9. The highest BCUT2D eigenvalue weighted by Gasteiger charge is 2.35. The first-order valence-electron chi connectivity index (χ1n) is 5.29. The van der Waals surface area contributed by atoms with E-state index < -0.39 is 18.0 Å². The molecular weight excluding hydrogens is 250 g/mol. The van der Waals surface area contributed by atoms with Gasteiger partial charge in [-0.05, 0) is 9.91 Å². The smallest absolute Gasteiger partial charge is 0.369 e. The van der Waals surface area contributed by atoms with E-state index in [2.05, 4.69) is 4.98 Å². The van der Waals surface area contributed by atoms with E-state index in [4.69, 9.17) is 4.74 Å². The van der Waals surface area contributed by atoms with Crippen LogP contribution in [0, 0.1) is 10.1 Å². The van der Waals surface area contributed by atoms with Gasteiger partial charge in [-0.2, -0.15) is 0 Å². The van der Waals surface area contributed by atoms with E-state index >= 15 is 0 Å². The third-order valence-corrected chi connectivity index (χ3v) is 2.67. The van der Waals surface area contributed by atoms with Crippen LogP contribution in [0.1, 0.15) is 0 Å². The fraction of sp³-hybridized carbons (Fsp3) is 0.667. The Labute approximate surface area is 101 Å². The predicted molar refractivity (Wildman–Crippen MR) is 57.8 cm³/mol. The molecule has 0 atom stereocenters. The molecule has 1 fully saturated rings. The number of imidazole rings is 1. The normalized spacial score (nSPS) is 16.1. The molecule has 0 bridgehead atoms. The van der Waals surface area contributed by atoms with Crippen LogP contribution in [0.25, 0.3) is 0 Å². The van der Waals surface area contributed by atoms with Crippen molar-refractivity contribution >= 4 is 11.6 Å². The summed E-state index contributed by atoms with van der Waals surface area (Å²) in [6, 6.07) is 0. The molecule has 1 aromatic rings. The average molecular weight is 262 g/mol. The standard InChI is InChI=1S/C9H12F2N4O3/c1-13-5-12-8(15(16)17)9(13)14-2-6(3-14)18-4-7(10)11/h5-7H,2-4H2,1H3. The van der Waals surface area contributed by atoms with Gasteiger partial charge in [0.05, 0.1) is 6.10 Å². The number of anilines is 1. The molecule has 0 unspecified atom stereocenters. The third kappa shape index (κ3) is 2.40. The Morgan fingerprint density at radius 1 is 1.67 bits per heavy atom. The van der Waals surface area contributed by atoms with Crippen LogP contribution in [0.2, 0.25) is 0 Å². The van der Waals surface area contributed by atoms with Crippen molar-refractivity contribution in [3.63, 3.8) is 0 Å². The summed E-state index contributed by atoms with van der Waals surface area (Å²) in [4.78, 5) is 15.5. The van der Waals surface area contributed by atoms with Crippen LogP contribution in [0.4, 0.5) is 20.4 Å². The zero-order valence-electron chi connectivity index (χ0n) is 9.62. The number of hydrogen-bond acceptors (Lipinski definition) is 5. The van der Waals surface area contributed by atoms with Gasteiger partial charge in [-0.1, -0.05) is 0 Å². The lowest BCUT2D eigenvalue weighted by molar-refractivity contribution is -0.388. The molecule has 0 saturated carbocycles. The van der Waals surface area contributed by atoms with Crippen molar-refractivity contribution in [2.24, 2.45) is 7.05 Å². The molecule has 0 spiro atoms. The van der Waals surface area contributed by atoms with Crippen LogP contribution >= 0.6 is 0 Å². The summed E-state index contributed by atoms with van der Waals surface area (Å²) in [6.07, 6.45) is -1.46. The molecule has 7 nitrogen and oxygen atoms in total. The number of aromatic nitrogens is 2. The Bertz CT molecular complexity index is 445. The van der Waals surface area contributed by atoms with Gasteiger partial charge in [0.2, 0.25) is 12.1 Å². The molecule has 100 valence electrons. The molecule has 0 N–H and O–H groups in total. The van der Waals surface area contributed by atoms with Crippen molar-refractivity contribution in [1.29, 1.82) is 0 Å². The number of ether oxygens (including phenoxy) is 1. The van der Waals surface area contributed by atoms with Gasteiger partial charge >= 0.3 is 5.82 Å². The highest BCUT2D eigenvalue weighted by Crippen LogP contribution is 2.30. The molecule has 1 aromatic heterocycles. The number of rotatable bonds is 5. The summed E-state index contributed by atoms with van der Waals surface area (Å²) in [5, 5.41) is 10.7. The summed E-state index contributed by atoms with van der Waals surface area (Å²) >= 11 is 0. The minimum atomic E-state index is -2.50. The molecule has 1 aliphatic rings. The molecule has 0 amide bonds. The molecule has 2 heterocycles. The SMILES string of the molecule is Cn1cnc([N+](=O)[O-])c1N1CC(OCC(F)F)C1. The van der Waals surface area contributed by atoms with E-state index in [1.165, 1.54) is 10.9 Å². The monoisotopic (exact) mass is 262 g/mol. The van der Waals surface area contributed by atoms with Crippen molar-refractivity contribution in [2.75, 3.05) is 24.6 Å². The Kier molecular flexibility index (Phi) is 3.41. The first-order valence-corrected chi connectivity index (χ1v) is 5.29. The van der Waals surface area contributed by atoms with Crippen molar-refractivity contribution < 1.29 is 18.4 Å². The summed E-state index contributed by atoms with van der Waals surface area (Å²) in [5.74, 6) is 0.140. The highest BCUT2D eigenvalue weighted by atomic mass is 19.3. The molecule has 1 saturated heterocycles. The fourth-order valence-electron chi connectivity index (χ4n) is 1.83. The van der Waals surface area contributed by atoms with Crippen LogP contribution in [-0.4, -0.2) is 46.7 Å². The quantitative estimate of drug-likeness (QED) is 0.579. The van der Waals surface area contributed by atoms with E-state index in [-0.39, 0.29) is 11.9 Å². The van der Waals surface area contributed by atoms with Crippen molar-refractivity contribution in [3.05, 3.63) is 16.4 Å². The highest BCUT2D eigenvalue weighted by molar-refractivity contribution is 5.56. The molecule has 2 rings (SSSR count). The number of halogens is 2. The second kappa shape index (κ2) is 4.84. The zero-order valence-corrected chi connectivity index (χ0v) is 9.62. The second-order valence-electron chi connectivity index (χ2n) is 4.01. The minimum absolute atomic E-state index is 0.232. The van der Waals surface area contributed by atoms with Gasteiger partial charge in [-0.3, -0.25) is 4.57 Å². The van der Waals surface area contributed by atoms with Crippen molar-refractivity contribution in [3.8, 4) is 0 Å². The van der Waals surface area contributed by atoms with Gasteiger partial charge in [0.15, 0.2) is 0 Å². The first kappa shape index (κ1) is 12.7. The first-order chi connectivity index (χ1) is 8.49. The summed E-state index contributed by atoms with van der Waals surface area (Å²) < 4.78 is 30.3. The van der Waals surface area contributed by atoms with E-state index in [1.54, 1.807) is 11.9 Å². The molecule has 0 aromatic carbocycles. The van der Waals surface area contributed by atoms with E-state index in [0.717, 1.165) is 0 Å². The molecular formula is C9H12F2N4O3. The van der Waals surface area contributed by atoms with Gasteiger partial charge in [-0.15, -0.1) is 0 Å². The van der Waals surface area contributed by atoms with Crippen molar-refractivity contribution in [1.82, 2.24) is 9.55 Å². The van der Waals surface area contributed by atoms with E-state index in [1.807, 2.05) is 0 Å². The van der Waals surface area contributed by atoms with Gasteiger partial charge in [-0.25, -0.2) is 8.78 Å². The van der Waals surface area contributed by atoms with Crippen LogP contribution in [-0.2, 0) is 11.8 Å². The molecule has 0 radical (unpaired) electrons. The Morgan fingerprint density at radius 3 is 2.89 bits per heavy atom. The van der Waals surface area contributed by atoms with Gasteiger partial charge in [0.1, 0.15) is 6.61 Å². The lowest BCUT2D eigenvalue weighted by atomic mass is 10.1. The van der Waals surface area contributed by atoms with Crippen molar-refractivity contribution in [2.45, 2.75) is 12.5 Å². The summed E-state index contributed by atoms with van der Waals surface area (Å²) in [6.45, 7) is 0.103. The topological polar surface area (TPSA) is 73.4 Å². The maximum Gasteiger partial charge on any atom is 0.406 e. The van der Waals surface area contributed by atoms with Gasteiger partial charge < -0.3 is 19.8 Å². The van der Waals surface area contributed by atoms with E-state index in [9.17, 15) is 18.9 Å². The van der Waals surface area contributed by atoms with Gasteiger partial charge in [0.25, 0.3) is 6.43 Å². The van der Waals surface area contributed by atoms with Crippen LogP contribution < -0.4 is 4.90 Å². The Balaban J connectivity index is 1.96. The number of alkyl halides is 2. The average Bonchev–Trinajstić information content (AvgIpc) is 2.58. The number of aryl methyl sites for hydroxylation is 1. The minimum Gasteiger partial charge on any atom is -0.369 e. The van der Waals surface area contributed by atoms with Crippen LogP contribution in [0.15, 0.2) is 6.33 Å².